The van der Waals surface area contributed by atoms with Gasteiger partial charge in [-0.1, -0.05) is 0 Å². The molecule has 2 N–H and O–H groups in total. The maximum Gasteiger partial charge on any atom is 0.191 e. The number of aromatic nitrogens is 7. The average molecular weight is 478 g/mol. The van der Waals surface area contributed by atoms with E-state index in [9.17, 15) is 0 Å². The van der Waals surface area contributed by atoms with Crippen molar-refractivity contribution in [1.82, 2.24) is 39.8 Å². The molecule has 1 aliphatic carbocycles. The Labute approximate surface area is 203 Å². The fraction of sp³-hybridized carbons (Fsp3) is 0.542. The first-order valence-corrected chi connectivity index (χ1v) is 13.0. The number of aromatic amines is 1. The van der Waals surface area contributed by atoms with Gasteiger partial charge in [-0.05, 0) is 59.3 Å². The van der Waals surface area contributed by atoms with Crippen molar-refractivity contribution >= 4 is 33.9 Å². The molecular weight excluding hydrogens is 446 g/mol. The van der Waals surface area contributed by atoms with Crippen molar-refractivity contribution in [2.24, 2.45) is 0 Å². The number of likely N-dealkylation sites (tertiary alicyclic amines) is 1. The van der Waals surface area contributed by atoms with E-state index >= 15 is 0 Å². The molecule has 5 heterocycles. The lowest BCUT2D eigenvalue weighted by Crippen LogP contribution is -2.46. The fourth-order valence-electron chi connectivity index (χ4n) is 5.01. The molecule has 0 amide bonds. The average Bonchev–Trinajstić information content (AvgIpc) is 3.57. The SMILES string of the molecule is CC(C)(C)N1CCC(n2cc(Nc3nc(-c4nc5c(s4)CCCC5)nc4cn[nH]c34)cn2)CC1. The lowest BCUT2D eigenvalue weighted by atomic mass is 9.98. The Kier molecular flexibility index (Phi) is 5.37. The van der Waals surface area contributed by atoms with E-state index in [2.05, 4.69) is 57.2 Å². The first-order valence-electron chi connectivity index (χ1n) is 12.2. The molecule has 0 spiro atoms. The van der Waals surface area contributed by atoms with Crippen LogP contribution >= 0.6 is 11.3 Å². The van der Waals surface area contributed by atoms with E-state index in [-0.39, 0.29) is 5.54 Å². The van der Waals surface area contributed by atoms with Crippen LogP contribution in [0.15, 0.2) is 18.6 Å². The maximum absolute atomic E-state index is 4.86. The second-order valence-electron chi connectivity index (χ2n) is 10.3. The predicted octanol–water partition coefficient (Wildman–Crippen LogP) is 4.73. The van der Waals surface area contributed by atoms with Crippen molar-refractivity contribution in [1.29, 1.82) is 0 Å². The summed E-state index contributed by atoms with van der Waals surface area (Å²) in [5, 5.41) is 16.3. The van der Waals surface area contributed by atoms with Crippen LogP contribution in [0, 0.1) is 0 Å². The van der Waals surface area contributed by atoms with Crippen molar-refractivity contribution in [3.63, 3.8) is 0 Å². The smallest absolute Gasteiger partial charge is 0.191 e. The van der Waals surface area contributed by atoms with E-state index < -0.39 is 0 Å². The van der Waals surface area contributed by atoms with Crippen molar-refractivity contribution in [3.8, 4) is 10.8 Å². The van der Waals surface area contributed by atoms with Crippen LogP contribution in [0.1, 0.15) is 63.1 Å². The number of hydrogen-bond acceptors (Lipinski definition) is 8. The number of thiazole rings is 1. The van der Waals surface area contributed by atoms with E-state index in [0.29, 0.717) is 17.7 Å². The summed E-state index contributed by atoms with van der Waals surface area (Å²) in [6.07, 6.45) is 12.5. The summed E-state index contributed by atoms with van der Waals surface area (Å²) < 4.78 is 2.10. The maximum atomic E-state index is 4.86. The molecule has 0 saturated carbocycles. The molecule has 1 fully saturated rings. The van der Waals surface area contributed by atoms with Crippen LogP contribution in [0.25, 0.3) is 21.9 Å². The van der Waals surface area contributed by atoms with Gasteiger partial charge in [-0.2, -0.15) is 10.2 Å². The molecule has 1 saturated heterocycles. The number of nitrogens with one attached hydrogen (secondary N) is 2. The van der Waals surface area contributed by atoms with Gasteiger partial charge in [0.2, 0.25) is 0 Å². The summed E-state index contributed by atoms with van der Waals surface area (Å²) in [5.41, 5.74) is 3.92. The molecule has 1 aliphatic heterocycles. The van der Waals surface area contributed by atoms with Gasteiger partial charge in [0, 0.05) is 29.7 Å². The third-order valence-electron chi connectivity index (χ3n) is 6.99. The topological polar surface area (TPSA) is 100 Å². The Hall–Kier alpha value is -2.85. The number of rotatable bonds is 4. The summed E-state index contributed by atoms with van der Waals surface area (Å²) in [6, 6.07) is 0.420. The summed E-state index contributed by atoms with van der Waals surface area (Å²) in [5.74, 6) is 1.35. The minimum absolute atomic E-state index is 0.221. The molecular formula is C24H31N9S. The zero-order valence-electron chi connectivity index (χ0n) is 20.0. The van der Waals surface area contributed by atoms with Crippen molar-refractivity contribution in [3.05, 3.63) is 29.2 Å². The zero-order chi connectivity index (χ0) is 23.3. The Balaban J connectivity index is 1.24. The number of fused-ring (bicyclic) bond motifs is 2. The molecule has 2 aliphatic rings. The van der Waals surface area contributed by atoms with Gasteiger partial charge in [0.15, 0.2) is 16.6 Å². The quantitative estimate of drug-likeness (QED) is 0.438. The summed E-state index contributed by atoms with van der Waals surface area (Å²) in [4.78, 5) is 18.4. The van der Waals surface area contributed by atoms with Gasteiger partial charge in [0.1, 0.15) is 11.0 Å². The molecule has 0 aromatic carbocycles. The monoisotopic (exact) mass is 477 g/mol. The molecule has 9 nitrogen and oxygen atoms in total. The lowest BCUT2D eigenvalue weighted by molar-refractivity contribution is 0.0870. The highest BCUT2D eigenvalue weighted by Crippen LogP contribution is 2.33. The Morgan fingerprint density at radius 2 is 1.88 bits per heavy atom. The van der Waals surface area contributed by atoms with Gasteiger partial charge >= 0.3 is 0 Å². The summed E-state index contributed by atoms with van der Waals surface area (Å²) in [6.45, 7) is 9.06. The second-order valence-corrected chi connectivity index (χ2v) is 11.4. The van der Waals surface area contributed by atoms with E-state index in [4.69, 9.17) is 15.0 Å². The lowest BCUT2D eigenvalue weighted by Gasteiger charge is -2.40. The van der Waals surface area contributed by atoms with Crippen LogP contribution in [0.5, 0.6) is 0 Å². The van der Waals surface area contributed by atoms with E-state index in [0.717, 1.165) is 60.5 Å². The number of H-pyrrole nitrogens is 1. The number of anilines is 2. The number of aryl methyl sites for hydroxylation is 2. The van der Waals surface area contributed by atoms with Crippen LogP contribution in [0.3, 0.4) is 0 Å². The number of nitrogens with zero attached hydrogens (tertiary/aromatic N) is 7. The van der Waals surface area contributed by atoms with Crippen molar-refractivity contribution < 1.29 is 0 Å². The van der Waals surface area contributed by atoms with Gasteiger partial charge < -0.3 is 5.32 Å². The van der Waals surface area contributed by atoms with Crippen molar-refractivity contribution in [2.45, 2.75) is 70.9 Å². The molecule has 0 radical (unpaired) electrons. The van der Waals surface area contributed by atoms with Gasteiger partial charge in [-0.15, -0.1) is 11.3 Å². The Bertz CT molecular complexity index is 1280. The van der Waals surface area contributed by atoms with Crippen LogP contribution in [-0.4, -0.2) is 58.5 Å². The highest BCUT2D eigenvalue weighted by atomic mass is 32.1. The number of piperidine rings is 1. The molecule has 0 unspecified atom stereocenters. The van der Waals surface area contributed by atoms with E-state index in [1.54, 1.807) is 17.5 Å². The van der Waals surface area contributed by atoms with Crippen LogP contribution in [0.4, 0.5) is 11.5 Å². The minimum atomic E-state index is 0.221. The van der Waals surface area contributed by atoms with Gasteiger partial charge in [-0.25, -0.2) is 15.0 Å². The van der Waals surface area contributed by atoms with Crippen LogP contribution < -0.4 is 5.32 Å². The van der Waals surface area contributed by atoms with Gasteiger partial charge in [-0.3, -0.25) is 14.7 Å². The zero-order valence-corrected chi connectivity index (χ0v) is 20.8. The van der Waals surface area contributed by atoms with E-state index in [1.807, 2.05) is 6.20 Å². The molecule has 34 heavy (non-hydrogen) atoms. The highest BCUT2D eigenvalue weighted by Gasteiger charge is 2.28. The molecule has 4 aromatic heterocycles. The second kappa shape index (κ2) is 8.42. The third kappa shape index (κ3) is 4.09. The predicted molar refractivity (Wildman–Crippen MR) is 135 cm³/mol. The molecule has 0 atom stereocenters. The van der Waals surface area contributed by atoms with Gasteiger partial charge in [0.25, 0.3) is 0 Å². The fourth-order valence-corrected chi connectivity index (χ4v) is 6.10. The van der Waals surface area contributed by atoms with Crippen LogP contribution in [0.2, 0.25) is 0 Å². The first-order chi connectivity index (χ1) is 16.4. The minimum Gasteiger partial charge on any atom is -0.336 e. The molecule has 10 heteroatoms. The first kappa shape index (κ1) is 21.7. The number of hydrogen-bond donors (Lipinski definition) is 2. The standard InChI is InChI=1S/C24H31N9S/c1-24(2,3)32-10-8-16(9-11-32)33-14-15(12-26-33)27-21-20-18(13-25-31-20)28-22(30-21)23-29-17-6-4-5-7-19(17)34-23/h12-14,16H,4-11H2,1-3H3,(H,25,31)(H,27,28,30). The summed E-state index contributed by atoms with van der Waals surface area (Å²) >= 11 is 1.72. The normalized spacial score (nSPS) is 17.9. The molecule has 178 valence electrons. The Morgan fingerprint density at radius 1 is 1.06 bits per heavy atom. The molecule has 4 aromatic rings. The molecule has 6 rings (SSSR count). The molecule has 0 bridgehead atoms. The largest absolute Gasteiger partial charge is 0.336 e. The summed E-state index contributed by atoms with van der Waals surface area (Å²) in [7, 11) is 0. The van der Waals surface area contributed by atoms with E-state index in [1.165, 1.54) is 23.4 Å². The Morgan fingerprint density at radius 3 is 2.68 bits per heavy atom. The highest BCUT2D eigenvalue weighted by molar-refractivity contribution is 7.15. The van der Waals surface area contributed by atoms with Gasteiger partial charge in [0.05, 0.1) is 29.8 Å². The van der Waals surface area contributed by atoms with Crippen molar-refractivity contribution in [2.75, 3.05) is 18.4 Å². The van der Waals surface area contributed by atoms with Crippen LogP contribution in [-0.2, 0) is 12.8 Å². The third-order valence-corrected chi connectivity index (χ3v) is 8.14.